The second-order valence-corrected chi connectivity index (χ2v) is 9.48. The topological polar surface area (TPSA) is 92.5 Å². The van der Waals surface area contributed by atoms with Gasteiger partial charge in [-0.3, -0.25) is 9.59 Å². The molecule has 8 nitrogen and oxygen atoms in total. The van der Waals surface area contributed by atoms with Crippen LogP contribution >= 0.6 is 0 Å². The molecule has 1 N–H and O–H groups in total. The van der Waals surface area contributed by atoms with Crippen LogP contribution in [-0.4, -0.2) is 66.0 Å². The monoisotopic (exact) mass is 526 g/mol. The molecular formula is C30H42N2O6. The van der Waals surface area contributed by atoms with E-state index < -0.39 is 23.5 Å². The minimum Gasteiger partial charge on any atom is -0.503 e. The number of rotatable bonds is 16. The molecule has 0 saturated carbocycles. The molecule has 1 aliphatic rings. The summed E-state index contributed by atoms with van der Waals surface area (Å²) in [6.45, 7) is 14.0. The van der Waals surface area contributed by atoms with Gasteiger partial charge in [0.1, 0.15) is 5.76 Å². The lowest BCUT2D eigenvalue weighted by Crippen LogP contribution is -2.34. The molecule has 1 atom stereocenters. The highest BCUT2D eigenvalue weighted by molar-refractivity contribution is 6.15. The number of hydrogen-bond donors (Lipinski definition) is 1. The van der Waals surface area contributed by atoms with E-state index in [1.165, 1.54) is 0 Å². The number of furan rings is 1. The first-order valence-electron chi connectivity index (χ1n) is 13.8. The first-order valence-corrected chi connectivity index (χ1v) is 13.8. The van der Waals surface area contributed by atoms with Gasteiger partial charge in [-0.15, -0.1) is 0 Å². The molecule has 0 fully saturated rings. The minimum absolute atomic E-state index is 0.0197. The van der Waals surface area contributed by atoms with E-state index in [1.54, 1.807) is 24.0 Å². The van der Waals surface area contributed by atoms with Crippen molar-refractivity contribution >= 4 is 11.7 Å². The molecule has 208 valence electrons. The Labute approximate surface area is 226 Å². The Morgan fingerprint density at radius 2 is 1.79 bits per heavy atom. The summed E-state index contributed by atoms with van der Waals surface area (Å²) in [5, 5.41) is 11.0. The molecule has 2 aromatic rings. The number of aliphatic hydroxyl groups excluding tert-OH is 1. The highest BCUT2D eigenvalue weighted by Crippen LogP contribution is 2.42. The van der Waals surface area contributed by atoms with Gasteiger partial charge in [-0.2, -0.15) is 0 Å². The Balaban J connectivity index is 1.98. The van der Waals surface area contributed by atoms with Crippen LogP contribution in [0.15, 0.2) is 46.1 Å². The number of benzene rings is 1. The Hall–Kier alpha value is -3.26. The van der Waals surface area contributed by atoms with E-state index in [1.807, 2.05) is 25.1 Å². The van der Waals surface area contributed by atoms with Crippen LogP contribution in [-0.2, 0) is 4.79 Å². The van der Waals surface area contributed by atoms with E-state index >= 15 is 0 Å². The lowest BCUT2D eigenvalue weighted by Gasteiger charge is -2.28. The Morgan fingerprint density at radius 1 is 1.03 bits per heavy atom. The molecule has 0 spiro atoms. The van der Waals surface area contributed by atoms with Crippen molar-refractivity contribution in [2.45, 2.75) is 66.3 Å². The minimum atomic E-state index is -0.773. The van der Waals surface area contributed by atoms with Gasteiger partial charge in [-0.1, -0.05) is 39.7 Å². The SMILES string of the molecule is CCCCCOc1ccc(C2C(C(=O)c3ccc(C)o3)=C(O)C(=O)N2CCCN(CC)CC)cc1OCC. The molecule has 0 saturated heterocycles. The summed E-state index contributed by atoms with van der Waals surface area (Å²) in [5.41, 5.74) is 0.687. The van der Waals surface area contributed by atoms with Gasteiger partial charge in [0.15, 0.2) is 23.0 Å². The van der Waals surface area contributed by atoms with Gasteiger partial charge in [-0.05, 0) is 76.2 Å². The molecule has 3 rings (SSSR count). The molecule has 2 heterocycles. The number of carbonyl (C=O) groups excluding carboxylic acids is 2. The van der Waals surface area contributed by atoms with Crippen molar-refractivity contribution < 1.29 is 28.6 Å². The lowest BCUT2D eigenvalue weighted by molar-refractivity contribution is -0.129. The molecular weight excluding hydrogens is 484 g/mol. The van der Waals surface area contributed by atoms with Gasteiger partial charge < -0.3 is 28.8 Å². The second kappa shape index (κ2) is 14.0. The summed E-state index contributed by atoms with van der Waals surface area (Å²) >= 11 is 0. The highest BCUT2D eigenvalue weighted by atomic mass is 16.5. The number of Topliss-reactive ketones (excluding diaryl/α,β-unsaturated/α-hetero) is 1. The average molecular weight is 527 g/mol. The van der Waals surface area contributed by atoms with Crippen LogP contribution in [0.4, 0.5) is 0 Å². The van der Waals surface area contributed by atoms with Crippen molar-refractivity contribution in [1.82, 2.24) is 9.80 Å². The Bertz CT molecular complexity index is 1120. The second-order valence-electron chi connectivity index (χ2n) is 9.48. The fourth-order valence-corrected chi connectivity index (χ4v) is 4.77. The van der Waals surface area contributed by atoms with Gasteiger partial charge in [-0.25, -0.2) is 0 Å². The summed E-state index contributed by atoms with van der Waals surface area (Å²) in [4.78, 5) is 30.7. The maximum Gasteiger partial charge on any atom is 0.290 e. The van der Waals surface area contributed by atoms with Crippen molar-refractivity contribution in [2.75, 3.05) is 39.4 Å². The standard InChI is InChI=1S/C30H42N2O6/c1-6-10-11-19-37-23-16-14-22(20-25(23)36-9-4)27-26(28(33)24-15-13-21(5)38-24)29(34)30(35)32(27)18-12-17-31(7-2)8-3/h13-16,20,27,34H,6-12,17-19H2,1-5H3. The van der Waals surface area contributed by atoms with Crippen LogP contribution in [0.3, 0.4) is 0 Å². The number of hydrogen-bond acceptors (Lipinski definition) is 7. The third-order valence-corrected chi connectivity index (χ3v) is 6.87. The predicted molar refractivity (Wildman–Crippen MR) is 147 cm³/mol. The number of ketones is 1. The van der Waals surface area contributed by atoms with Crippen LogP contribution in [0.25, 0.3) is 0 Å². The normalized spacial score (nSPS) is 15.6. The van der Waals surface area contributed by atoms with E-state index in [4.69, 9.17) is 13.9 Å². The molecule has 1 amide bonds. The zero-order valence-electron chi connectivity index (χ0n) is 23.4. The molecule has 1 unspecified atom stereocenters. The first-order chi connectivity index (χ1) is 18.4. The molecule has 8 heteroatoms. The zero-order chi connectivity index (χ0) is 27.7. The van der Waals surface area contributed by atoms with Crippen molar-refractivity contribution in [3.63, 3.8) is 0 Å². The maximum absolute atomic E-state index is 13.5. The number of nitrogens with zero attached hydrogens (tertiary/aromatic N) is 2. The van der Waals surface area contributed by atoms with Crippen molar-refractivity contribution in [3.8, 4) is 11.5 Å². The summed E-state index contributed by atoms with van der Waals surface area (Å²) in [5.74, 6) is 0.240. The van der Waals surface area contributed by atoms with Gasteiger partial charge >= 0.3 is 0 Å². The van der Waals surface area contributed by atoms with E-state index in [-0.39, 0.29) is 11.3 Å². The molecule has 0 bridgehead atoms. The van der Waals surface area contributed by atoms with Gasteiger partial charge in [0.2, 0.25) is 5.78 Å². The van der Waals surface area contributed by atoms with Crippen LogP contribution in [0, 0.1) is 6.92 Å². The van der Waals surface area contributed by atoms with E-state index in [0.29, 0.717) is 49.0 Å². The molecule has 0 aliphatic carbocycles. The number of aliphatic hydroxyl groups is 1. The fraction of sp³-hybridized carbons (Fsp3) is 0.533. The average Bonchev–Trinajstić information content (AvgIpc) is 3.46. The predicted octanol–water partition coefficient (Wildman–Crippen LogP) is 5.87. The third kappa shape index (κ3) is 6.78. The van der Waals surface area contributed by atoms with E-state index in [9.17, 15) is 14.7 Å². The summed E-state index contributed by atoms with van der Waals surface area (Å²) in [6, 6.07) is 7.96. The molecule has 1 aromatic heterocycles. The van der Waals surface area contributed by atoms with Crippen LogP contribution in [0.2, 0.25) is 0 Å². The first kappa shape index (κ1) is 29.3. The number of carbonyl (C=O) groups is 2. The number of aryl methyl sites for hydroxylation is 1. The number of ether oxygens (including phenoxy) is 2. The Kier molecular flexibility index (Phi) is 10.8. The third-order valence-electron chi connectivity index (χ3n) is 6.87. The van der Waals surface area contributed by atoms with Gasteiger partial charge in [0.25, 0.3) is 5.91 Å². The molecule has 1 aliphatic heterocycles. The van der Waals surface area contributed by atoms with Crippen molar-refractivity contribution in [1.29, 1.82) is 0 Å². The molecule has 0 radical (unpaired) electrons. The van der Waals surface area contributed by atoms with E-state index in [2.05, 4.69) is 25.7 Å². The van der Waals surface area contributed by atoms with Crippen LogP contribution < -0.4 is 9.47 Å². The highest BCUT2D eigenvalue weighted by Gasteiger charge is 2.44. The number of unbranched alkanes of at least 4 members (excludes halogenated alkanes) is 2. The van der Waals surface area contributed by atoms with Gasteiger partial charge in [0.05, 0.1) is 24.8 Å². The van der Waals surface area contributed by atoms with Crippen molar-refractivity contribution in [2.24, 2.45) is 0 Å². The lowest BCUT2D eigenvalue weighted by atomic mass is 9.94. The summed E-state index contributed by atoms with van der Waals surface area (Å²) in [7, 11) is 0. The van der Waals surface area contributed by atoms with E-state index in [0.717, 1.165) is 38.9 Å². The fourth-order valence-electron chi connectivity index (χ4n) is 4.77. The van der Waals surface area contributed by atoms with Gasteiger partial charge in [0, 0.05) is 6.54 Å². The largest absolute Gasteiger partial charge is 0.503 e. The van der Waals surface area contributed by atoms with Crippen LogP contribution in [0.5, 0.6) is 11.5 Å². The van der Waals surface area contributed by atoms with Crippen LogP contribution in [0.1, 0.15) is 81.3 Å². The Morgan fingerprint density at radius 3 is 2.42 bits per heavy atom. The zero-order valence-corrected chi connectivity index (χ0v) is 23.4. The van der Waals surface area contributed by atoms with Crippen molar-refractivity contribution in [3.05, 3.63) is 58.7 Å². The molecule has 38 heavy (non-hydrogen) atoms. The number of amides is 1. The molecule has 1 aromatic carbocycles. The smallest absolute Gasteiger partial charge is 0.290 e. The summed E-state index contributed by atoms with van der Waals surface area (Å²) in [6.07, 6.45) is 3.83. The maximum atomic E-state index is 13.5. The summed E-state index contributed by atoms with van der Waals surface area (Å²) < 4.78 is 17.4. The quantitative estimate of drug-likeness (QED) is 0.216.